The summed E-state index contributed by atoms with van der Waals surface area (Å²) in [6.07, 6.45) is 3.51. The van der Waals surface area contributed by atoms with Crippen molar-refractivity contribution in [2.75, 3.05) is 0 Å². The quantitative estimate of drug-likeness (QED) is 0.889. The van der Waals surface area contributed by atoms with Crippen molar-refractivity contribution >= 4 is 5.97 Å². The number of carboxylic acids is 1. The fourth-order valence-electron chi connectivity index (χ4n) is 1.69. The highest BCUT2D eigenvalue weighted by Gasteiger charge is 2.09. The molecule has 4 heteroatoms. The molecule has 0 aliphatic heterocycles. The van der Waals surface area contributed by atoms with E-state index in [1.807, 2.05) is 18.2 Å². The van der Waals surface area contributed by atoms with E-state index in [1.54, 1.807) is 18.3 Å². The van der Waals surface area contributed by atoms with Crippen molar-refractivity contribution in [3.05, 3.63) is 65.0 Å². The van der Waals surface area contributed by atoms with Crippen LogP contribution in [0.5, 0.6) is 0 Å². The maximum absolute atomic E-state index is 11.0. The molecule has 0 radical (unpaired) electrons. The van der Waals surface area contributed by atoms with Gasteiger partial charge >= 0.3 is 5.97 Å². The van der Waals surface area contributed by atoms with Gasteiger partial charge in [0.1, 0.15) is 0 Å². The lowest BCUT2D eigenvalue weighted by Crippen LogP contribution is -2.03. The number of carboxylic acid groups (broad SMARTS) is 1. The molecule has 0 aliphatic rings. The zero-order chi connectivity index (χ0) is 13.0. The summed E-state index contributed by atoms with van der Waals surface area (Å²) >= 11 is 0. The molecule has 2 rings (SSSR count). The summed E-state index contributed by atoms with van der Waals surface area (Å²) in [6, 6.07) is 10.6. The Labute approximate surface area is 104 Å². The summed E-state index contributed by atoms with van der Waals surface area (Å²) in [6.45, 7) is 0. The summed E-state index contributed by atoms with van der Waals surface area (Å²) in [7, 11) is 0. The first-order chi connectivity index (χ1) is 8.70. The molecule has 0 amide bonds. The van der Waals surface area contributed by atoms with E-state index in [4.69, 9.17) is 10.4 Å². The highest BCUT2D eigenvalue weighted by Crippen LogP contribution is 2.14. The third kappa shape index (κ3) is 2.53. The van der Waals surface area contributed by atoms with Crippen LogP contribution in [-0.2, 0) is 6.42 Å². The standard InChI is InChI=1S/C14H10N2O2/c15-8-11-3-1-10(2-4-11)7-12-9-16-6-5-13(12)14(17)18/h1-6,9H,7H2,(H,17,18). The number of hydrogen-bond donors (Lipinski definition) is 1. The van der Waals surface area contributed by atoms with Crippen LogP contribution in [0.2, 0.25) is 0 Å². The van der Waals surface area contributed by atoms with Gasteiger partial charge in [0, 0.05) is 12.4 Å². The van der Waals surface area contributed by atoms with Crippen molar-refractivity contribution in [2.45, 2.75) is 6.42 Å². The van der Waals surface area contributed by atoms with Crippen LogP contribution < -0.4 is 0 Å². The van der Waals surface area contributed by atoms with Crippen LogP contribution in [0.25, 0.3) is 0 Å². The predicted molar refractivity (Wildman–Crippen MR) is 65.2 cm³/mol. The Balaban J connectivity index is 2.28. The van der Waals surface area contributed by atoms with Gasteiger partial charge < -0.3 is 5.11 Å². The van der Waals surface area contributed by atoms with E-state index in [0.717, 1.165) is 5.56 Å². The molecular weight excluding hydrogens is 228 g/mol. The van der Waals surface area contributed by atoms with Crippen LogP contribution in [0.15, 0.2) is 42.7 Å². The maximum Gasteiger partial charge on any atom is 0.336 e. The summed E-state index contributed by atoms with van der Waals surface area (Å²) in [5, 5.41) is 17.8. The average molecular weight is 238 g/mol. The molecule has 1 aromatic carbocycles. The smallest absolute Gasteiger partial charge is 0.336 e. The number of hydrogen-bond acceptors (Lipinski definition) is 3. The third-order valence-corrected chi connectivity index (χ3v) is 2.61. The summed E-state index contributed by atoms with van der Waals surface area (Å²) < 4.78 is 0. The summed E-state index contributed by atoms with van der Waals surface area (Å²) in [5.74, 6) is -0.957. The van der Waals surface area contributed by atoms with E-state index >= 15 is 0 Å². The van der Waals surface area contributed by atoms with Gasteiger partial charge in [-0.05, 0) is 35.7 Å². The first-order valence-electron chi connectivity index (χ1n) is 5.36. The van der Waals surface area contributed by atoms with Crippen LogP contribution in [0.3, 0.4) is 0 Å². The van der Waals surface area contributed by atoms with Crippen LogP contribution in [-0.4, -0.2) is 16.1 Å². The minimum Gasteiger partial charge on any atom is -0.478 e. The van der Waals surface area contributed by atoms with E-state index in [-0.39, 0.29) is 5.56 Å². The van der Waals surface area contributed by atoms with Gasteiger partial charge in [-0.25, -0.2) is 4.79 Å². The fourth-order valence-corrected chi connectivity index (χ4v) is 1.69. The molecule has 0 saturated carbocycles. The molecule has 18 heavy (non-hydrogen) atoms. The number of benzene rings is 1. The molecular formula is C14H10N2O2. The van der Waals surface area contributed by atoms with Gasteiger partial charge in [0.25, 0.3) is 0 Å². The van der Waals surface area contributed by atoms with Crippen LogP contribution in [0, 0.1) is 11.3 Å². The largest absolute Gasteiger partial charge is 0.478 e. The topological polar surface area (TPSA) is 74.0 Å². The number of nitriles is 1. The van der Waals surface area contributed by atoms with E-state index in [2.05, 4.69) is 4.98 Å². The van der Waals surface area contributed by atoms with Gasteiger partial charge in [-0.1, -0.05) is 12.1 Å². The van der Waals surface area contributed by atoms with Crippen LogP contribution in [0.1, 0.15) is 27.0 Å². The average Bonchev–Trinajstić information content (AvgIpc) is 2.40. The van der Waals surface area contributed by atoms with E-state index in [0.29, 0.717) is 17.5 Å². The highest BCUT2D eigenvalue weighted by atomic mass is 16.4. The number of carbonyl (C=O) groups is 1. The molecule has 2 aromatic rings. The number of pyridine rings is 1. The van der Waals surface area contributed by atoms with Crippen molar-refractivity contribution < 1.29 is 9.90 Å². The molecule has 0 saturated heterocycles. The molecule has 1 aromatic heterocycles. The highest BCUT2D eigenvalue weighted by molar-refractivity contribution is 5.89. The molecule has 0 aliphatic carbocycles. The molecule has 88 valence electrons. The lowest BCUT2D eigenvalue weighted by molar-refractivity contribution is 0.0695. The van der Waals surface area contributed by atoms with Crippen molar-refractivity contribution in [1.29, 1.82) is 5.26 Å². The Morgan fingerprint density at radius 3 is 2.61 bits per heavy atom. The van der Waals surface area contributed by atoms with Crippen molar-refractivity contribution in [1.82, 2.24) is 4.98 Å². The Kier molecular flexibility index (Phi) is 3.35. The van der Waals surface area contributed by atoms with Gasteiger partial charge in [0.05, 0.1) is 17.2 Å². The molecule has 4 nitrogen and oxygen atoms in total. The van der Waals surface area contributed by atoms with Gasteiger partial charge in [0.2, 0.25) is 0 Å². The van der Waals surface area contributed by atoms with Crippen molar-refractivity contribution in [3.63, 3.8) is 0 Å². The second kappa shape index (κ2) is 5.11. The number of aromatic carboxylic acids is 1. The maximum atomic E-state index is 11.0. The zero-order valence-electron chi connectivity index (χ0n) is 9.50. The Morgan fingerprint density at radius 2 is 2.00 bits per heavy atom. The van der Waals surface area contributed by atoms with Crippen LogP contribution >= 0.6 is 0 Å². The minimum absolute atomic E-state index is 0.259. The molecule has 1 heterocycles. The number of nitrogens with zero attached hydrogens (tertiary/aromatic N) is 2. The fraction of sp³-hybridized carbons (Fsp3) is 0.0714. The lowest BCUT2D eigenvalue weighted by atomic mass is 10.0. The van der Waals surface area contributed by atoms with Crippen molar-refractivity contribution in [3.8, 4) is 6.07 Å². The van der Waals surface area contributed by atoms with E-state index in [1.165, 1.54) is 12.3 Å². The normalized spacial score (nSPS) is 9.72. The Hall–Kier alpha value is -2.67. The monoisotopic (exact) mass is 238 g/mol. The molecule has 0 fully saturated rings. The first-order valence-corrected chi connectivity index (χ1v) is 5.36. The number of rotatable bonds is 3. The Morgan fingerprint density at radius 1 is 1.28 bits per heavy atom. The van der Waals surface area contributed by atoms with Gasteiger partial charge in [0.15, 0.2) is 0 Å². The molecule has 0 unspecified atom stereocenters. The van der Waals surface area contributed by atoms with E-state index in [9.17, 15) is 4.79 Å². The Bertz CT molecular complexity index is 612. The second-order valence-electron chi connectivity index (χ2n) is 3.82. The summed E-state index contributed by atoms with van der Waals surface area (Å²) in [5.41, 5.74) is 2.46. The first kappa shape index (κ1) is 11.8. The SMILES string of the molecule is N#Cc1ccc(Cc2cnccc2C(=O)O)cc1. The van der Waals surface area contributed by atoms with Gasteiger partial charge in [-0.3, -0.25) is 4.98 Å². The van der Waals surface area contributed by atoms with Gasteiger partial charge in [-0.2, -0.15) is 5.26 Å². The van der Waals surface area contributed by atoms with Gasteiger partial charge in [-0.15, -0.1) is 0 Å². The van der Waals surface area contributed by atoms with Crippen LogP contribution in [0.4, 0.5) is 0 Å². The predicted octanol–water partition coefficient (Wildman–Crippen LogP) is 2.24. The lowest BCUT2D eigenvalue weighted by Gasteiger charge is -2.05. The zero-order valence-corrected chi connectivity index (χ0v) is 9.50. The number of aromatic nitrogens is 1. The molecule has 0 spiro atoms. The summed E-state index contributed by atoms with van der Waals surface area (Å²) in [4.78, 5) is 15.0. The minimum atomic E-state index is -0.957. The molecule has 1 N–H and O–H groups in total. The molecule has 0 bridgehead atoms. The van der Waals surface area contributed by atoms with Crippen molar-refractivity contribution in [2.24, 2.45) is 0 Å². The third-order valence-electron chi connectivity index (χ3n) is 2.61. The van der Waals surface area contributed by atoms with E-state index < -0.39 is 5.97 Å². The molecule has 0 atom stereocenters. The second-order valence-corrected chi connectivity index (χ2v) is 3.82.